The van der Waals surface area contributed by atoms with Gasteiger partial charge in [-0.25, -0.2) is 0 Å². The van der Waals surface area contributed by atoms with Gasteiger partial charge in [-0.1, -0.05) is 89.8 Å². The lowest BCUT2D eigenvalue weighted by atomic mass is 9.77. The Morgan fingerprint density at radius 2 is 0.750 bits per heavy atom. The second-order valence-electron chi connectivity index (χ2n) is 15.7. The molecule has 0 heterocycles. The molecule has 224 valence electrons. The third kappa shape index (κ3) is 14.9. The van der Waals surface area contributed by atoms with Gasteiger partial charge in [0.15, 0.2) is 11.6 Å². The molecule has 0 saturated carbocycles. The predicted octanol–water partition coefficient (Wildman–Crippen LogP) is 9.29. The number of hydrogen-bond acceptors (Lipinski definition) is 4. The largest absolute Gasteiger partial charge is 0.299 e. The van der Waals surface area contributed by atoms with Gasteiger partial charge in [-0.05, 0) is 74.3 Å². The van der Waals surface area contributed by atoms with Crippen LogP contribution in [0.15, 0.2) is 46.6 Å². The topological polar surface area (TPSA) is 68.3 Å². The summed E-state index contributed by atoms with van der Waals surface area (Å²) >= 11 is 0. The zero-order valence-electron chi connectivity index (χ0n) is 27.6. The molecule has 0 unspecified atom stereocenters. The van der Waals surface area contributed by atoms with Crippen LogP contribution in [-0.4, -0.2) is 23.1 Å². The Kier molecular flexibility index (Phi) is 12.5. The maximum Gasteiger partial charge on any atom is 0.156 e. The van der Waals surface area contributed by atoms with E-state index in [0.29, 0.717) is 50.1 Å². The lowest BCUT2D eigenvalue weighted by Gasteiger charge is -2.27. The molecule has 4 nitrogen and oxygen atoms in total. The van der Waals surface area contributed by atoms with Gasteiger partial charge < -0.3 is 0 Å². The van der Waals surface area contributed by atoms with Gasteiger partial charge in [-0.3, -0.25) is 19.2 Å². The fraction of sp³-hybridized carbons (Fsp3) is 0.667. The minimum absolute atomic E-state index is 0.111. The van der Waals surface area contributed by atoms with E-state index in [1.807, 2.05) is 27.7 Å². The van der Waals surface area contributed by atoms with E-state index in [4.69, 9.17) is 0 Å². The zero-order chi connectivity index (χ0) is 31.1. The van der Waals surface area contributed by atoms with Crippen molar-refractivity contribution in [1.29, 1.82) is 0 Å². The number of carbonyl (C=O) groups is 4. The molecular weight excluding hydrogens is 496 g/mol. The molecule has 0 amide bonds. The van der Waals surface area contributed by atoms with Crippen LogP contribution in [0.1, 0.15) is 134 Å². The van der Waals surface area contributed by atoms with Crippen molar-refractivity contribution in [2.75, 3.05) is 0 Å². The minimum Gasteiger partial charge on any atom is -0.299 e. The van der Waals surface area contributed by atoms with Gasteiger partial charge in [0, 0.05) is 38.5 Å². The number of rotatable bonds is 0. The van der Waals surface area contributed by atoms with Gasteiger partial charge in [-0.15, -0.1) is 0 Å². The van der Waals surface area contributed by atoms with Crippen molar-refractivity contribution in [3.8, 4) is 0 Å². The van der Waals surface area contributed by atoms with Crippen molar-refractivity contribution in [3.63, 3.8) is 0 Å². The summed E-state index contributed by atoms with van der Waals surface area (Å²) in [5.74, 6) is 1.33. The summed E-state index contributed by atoms with van der Waals surface area (Å²) in [6.45, 7) is 25.1. The molecule has 0 aromatic rings. The first kappa shape index (κ1) is 35.7. The van der Waals surface area contributed by atoms with E-state index in [9.17, 15) is 19.2 Å². The highest BCUT2D eigenvalue weighted by Crippen LogP contribution is 2.34. The van der Waals surface area contributed by atoms with Crippen LogP contribution >= 0.6 is 0 Å². The molecule has 40 heavy (non-hydrogen) atoms. The monoisotopic (exact) mass is 552 g/mol. The van der Waals surface area contributed by atoms with E-state index in [0.717, 1.165) is 12.8 Å². The van der Waals surface area contributed by atoms with Crippen LogP contribution in [0.5, 0.6) is 0 Å². The van der Waals surface area contributed by atoms with E-state index in [2.05, 4.69) is 67.5 Å². The summed E-state index contributed by atoms with van der Waals surface area (Å²) < 4.78 is 0. The lowest BCUT2D eigenvalue weighted by Crippen LogP contribution is -2.20. The molecule has 0 bridgehead atoms. The third-order valence-corrected chi connectivity index (χ3v) is 7.17. The van der Waals surface area contributed by atoms with Gasteiger partial charge in [-0.2, -0.15) is 0 Å². The maximum atomic E-state index is 11.0. The van der Waals surface area contributed by atoms with Crippen LogP contribution < -0.4 is 0 Å². The van der Waals surface area contributed by atoms with Crippen LogP contribution in [0, 0.1) is 21.7 Å². The Labute approximate surface area is 244 Å². The summed E-state index contributed by atoms with van der Waals surface area (Å²) in [6, 6.07) is 0. The average Bonchev–Trinajstić information content (AvgIpc) is 2.60. The first-order chi connectivity index (χ1) is 18.0. The molecule has 0 spiro atoms. The Balaban J connectivity index is 0.000000267. The molecule has 0 aromatic carbocycles. The highest BCUT2D eigenvalue weighted by Gasteiger charge is 2.27. The third-order valence-electron chi connectivity index (χ3n) is 7.17. The van der Waals surface area contributed by atoms with Crippen molar-refractivity contribution in [3.05, 3.63) is 46.6 Å². The number of Topliss-reactive ketones (excluding diaryl/α,β-unsaturated/α-hetero) is 2. The summed E-state index contributed by atoms with van der Waals surface area (Å²) in [5.41, 5.74) is 5.52. The molecule has 4 aliphatic rings. The number of hydrogen-bond donors (Lipinski definition) is 0. The van der Waals surface area contributed by atoms with Crippen LogP contribution in [0.3, 0.4) is 0 Å². The fourth-order valence-electron chi connectivity index (χ4n) is 6.63. The minimum atomic E-state index is 0.111. The standard InChI is InChI=1S/4C9H14O/c4*1-7-4-8(10)6-9(2,3)5-7/h2*5H,4,6H2,1-3H3;2*4H,5-6H2,1-3H3. The van der Waals surface area contributed by atoms with Gasteiger partial charge in [0.05, 0.1) is 0 Å². The second kappa shape index (κ2) is 14.0. The van der Waals surface area contributed by atoms with Gasteiger partial charge in [0.2, 0.25) is 0 Å². The van der Waals surface area contributed by atoms with Crippen molar-refractivity contribution >= 4 is 23.1 Å². The van der Waals surface area contributed by atoms with Crippen LogP contribution in [0.25, 0.3) is 0 Å². The van der Waals surface area contributed by atoms with E-state index >= 15 is 0 Å². The maximum absolute atomic E-state index is 11.0. The van der Waals surface area contributed by atoms with E-state index in [-0.39, 0.29) is 33.2 Å². The smallest absolute Gasteiger partial charge is 0.156 e. The Morgan fingerprint density at radius 1 is 0.450 bits per heavy atom. The van der Waals surface area contributed by atoms with E-state index < -0.39 is 0 Å². The molecule has 0 radical (unpaired) electrons. The van der Waals surface area contributed by atoms with E-state index in [1.54, 1.807) is 12.2 Å². The molecule has 4 rings (SSSR count). The van der Waals surface area contributed by atoms with Crippen molar-refractivity contribution < 1.29 is 19.2 Å². The van der Waals surface area contributed by atoms with E-state index in [1.165, 1.54) is 22.3 Å². The highest BCUT2D eigenvalue weighted by atomic mass is 16.1. The van der Waals surface area contributed by atoms with Crippen molar-refractivity contribution in [1.82, 2.24) is 0 Å². The molecule has 4 aliphatic carbocycles. The number of ketones is 4. The summed E-state index contributed by atoms with van der Waals surface area (Å²) in [5, 5.41) is 0. The van der Waals surface area contributed by atoms with Crippen LogP contribution in [-0.2, 0) is 19.2 Å². The molecule has 0 N–H and O–H groups in total. The fourth-order valence-corrected chi connectivity index (χ4v) is 6.63. The molecule has 0 atom stereocenters. The highest BCUT2D eigenvalue weighted by molar-refractivity contribution is 5.92. The molecule has 0 fully saturated rings. The average molecular weight is 553 g/mol. The summed E-state index contributed by atoms with van der Waals surface area (Å²) in [7, 11) is 0. The Hall–Kier alpha value is -2.36. The first-order valence-electron chi connectivity index (χ1n) is 14.8. The Bertz CT molecular complexity index is 1010. The van der Waals surface area contributed by atoms with Crippen LogP contribution in [0.2, 0.25) is 0 Å². The van der Waals surface area contributed by atoms with Gasteiger partial charge in [0.25, 0.3) is 0 Å². The molecule has 0 aliphatic heterocycles. The predicted molar refractivity (Wildman–Crippen MR) is 167 cm³/mol. The van der Waals surface area contributed by atoms with Gasteiger partial charge >= 0.3 is 0 Å². The summed E-state index contributed by atoms with van der Waals surface area (Å²) in [4.78, 5) is 44.1. The number of carbonyl (C=O) groups excluding carboxylic acids is 4. The number of allylic oxidation sites excluding steroid dienone is 8. The van der Waals surface area contributed by atoms with Gasteiger partial charge in [0.1, 0.15) is 11.6 Å². The first-order valence-corrected chi connectivity index (χ1v) is 14.8. The second-order valence-corrected chi connectivity index (χ2v) is 15.7. The molecule has 0 saturated heterocycles. The SMILES string of the molecule is CC1=CC(=O)CC(C)(C)C1.CC1=CC(=O)CC(C)(C)C1.CC1=CC(C)(C)CC(=O)C1.CC1=CC(C)(C)CC(=O)C1. The van der Waals surface area contributed by atoms with Crippen LogP contribution in [0.4, 0.5) is 0 Å². The zero-order valence-corrected chi connectivity index (χ0v) is 27.6. The van der Waals surface area contributed by atoms with Crippen molar-refractivity contribution in [2.45, 2.75) is 134 Å². The Morgan fingerprint density at radius 3 is 0.950 bits per heavy atom. The van der Waals surface area contributed by atoms with Crippen molar-refractivity contribution in [2.24, 2.45) is 21.7 Å². The lowest BCUT2D eigenvalue weighted by molar-refractivity contribution is -0.121. The molecule has 4 heteroatoms. The summed E-state index contributed by atoms with van der Waals surface area (Å²) in [6.07, 6.45) is 14.3. The normalized spacial score (nSPS) is 24.3. The molecular formula is C36H56O4. The quantitative estimate of drug-likeness (QED) is 0.281. The molecule has 0 aromatic heterocycles.